The van der Waals surface area contributed by atoms with Gasteiger partial charge in [0.2, 0.25) is 0 Å². The first kappa shape index (κ1) is 16.5. The van der Waals surface area contributed by atoms with Crippen LogP contribution in [0.15, 0.2) is 24.3 Å². The molecular weight excluding hydrogens is 280 g/mol. The molecular formula is C17H24N2O3. The number of carbonyl (C=O) groups is 2. The molecule has 5 heteroatoms. The smallest absolute Gasteiger partial charge is 0.331 e. The van der Waals surface area contributed by atoms with E-state index in [0.29, 0.717) is 37.1 Å². The Hall–Kier alpha value is -1.88. The van der Waals surface area contributed by atoms with Gasteiger partial charge in [-0.3, -0.25) is 4.79 Å². The predicted molar refractivity (Wildman–Crippen MR) is 86.2 cm³/mol. The Kier molecular flexibility index (Phi) is 5.55. The molecule has 0 bridgehead atoms. The lowest BCUT2D eigenvalue weighted by molar-refractivity contribution is -0.149. The van der Waals surface area contributed by atoms with E-state index in [1.807, 2.05) is 25.1 Å². The van der Waals surface area contributed by atoms with Crippen LogP contribution in [0.1, 0.15) is 43.5 Å². The van der Waals surface area contributed by atoms with Gasteiger partial charge in [-0.25, -0.2) is 4.79 Å². The van der Waals surface area contributed by atoms with E-state index >= 15 is 0 Å². The maximum Gasteiger partial charge on any atom is 0.331 e. The van der Waals surface area contributed by atoms with Crippen LogP contribution < -0.4 is 10.6 Å². The maximum absolute atomic E-state index is 12.5. The zero-order chi connectivity index (χ0) is 16.0. The largest absolute Gasteiger partial charge is 0.464 e. The number of esters is 1. The standard InChI is InChI=1S/C17H24N2O3/c1-3-15(20)13-7-5-6-8-14(13)19-17(16(21)22-4-2)9-11-18-12-10-17/h5-8,18-19H,3-4,9-12H2,1-2H3. The van der Waals surface area contributed by atoms with Crippen LogP contribution in [0.5, 0.6) is 0 Å². The van der Waals surface area contributed by atoms with Gasteiger partial charge in [0.15, 0.2) is 5.78 Å². The first-order valence-electron chi connectivity index (χ1n) is 7.91. The Morgan fingerprint density at radius 3 is 2.55 bits per heavy atom. The van der Waals surface area contributed by atoms with Crippen LogP contribution >= 0.6 is 0 Å². The van der Waals surface area contributed by atoms with Crippen molar-refractivity contribution in [2.24, 2.45) is 0 Å². The quantitative estimate of drug-likeness (QED) is 0.624. The first-order valence-corrected chi connectivity index (χ1v) is 7.91. The van der Waals surface area contributed by atoms with Gasteiger partial charge in [-0.05, 0) is 45.0 Å². The molecule has 1 heterocycles. The SMILES string of the molecule is CCOC(=O)C1(Nc2ccccc2C(=O)CC)CCNCC1. The van der Waals surface area contributed by atoms with E-state index in [1.165, 1.54) is 0 Å². The zero-order valence-electron chi connectivity index (χ0n) is 13.3. The average molecular weight is 304 g/mol. The van der Waals surface area contributed by atoms with Crippen molar-refractivity contribution in [2.75, 3.05) is 25.0 Å². The second-order valence-electron chi connectivity index (χ2n) is 5.50. The van der Waals surface area contributed by atoms with Crippen molar-refractivity contribution in [2.45, 2.75) is 38.6 Å². The molecule has 1 aromatic carbocycles. The number of nitrogens with one attached hydrogen (secondary N) is 2. The van der Waals surface area contributed by atoms with Crippen molar-refractivity contribution in [3.05, 3.63) is 29.8 Å². The third-order valence-corrected chi connectivity index (χ3v) is 4.05. The molecule has 22 heavy (non-hydrogen) atoms. The van der Waals surface area contributed by atoms with Gasteiger partial charge in [0.25, 0.3) is 0 Å². The molecule has 0 aliphatic carbocycles. The highest BCUT2D eigenvalue weighted by Gasteiger charge is 2.41. The molecule has 2 rings (SSSR count). The lowest BCUT2D eigenvalue weighted by atomic mass is 9.87. The minimum absolute atomic E-state index is 0.0658. The van der Waals surface area contributed by atoms with Crippen molar-refractivity contribution in [3.8, 4) is 0 Å². The summed E-state index contributed by atoms with van der Waals surface area (Å²) in [4.78, 5) is 24.6. The van der Waals surface area contributed by atoms with Crippen LogP contribution in [0.4, 0.5) is 5.69 Å². The number of ketones is 1. The van der Waals surface area contributed by atoms with Gasteiger partial charge in [-0.15, -0.1) is 0 Å². The molecule has 120 valence electrons. The highest BCUT2D eigenvalue weighted by atomic mass is 16.5. The molecule has 5 nitrogen and oxygen atoms in total. The van der Waals surface area contributed by atoms with E-state index in [2.05, 4.69) is 10.6 Å². The van der Waals surface area contributed by atoms with Crippen LogP contribution in [-0.4, -0.2) is 37.0 Å². The van der Waals surface area contributed by atoms with Crippen LogP contribution in [0.25, 0.3) is 0 Å². The number of carbonyl (C=O) groups excluding carboxylic acids is 2. The van der Waals surface area contributed by atoms with Gasteiger partial charge in [0.05, 0.1) is 6.61 Å². The number of anilines is 1. The maximum atomic E-state index is 12.5. The zero-order valence-corrected chi connectivity index (χ0v) is 13.3. The fourth-order valence-corrected chi connectivity index (χ4v) is 2.79. The molecule has 1 aromatic rings. The van der Waals surface area contributed by atoms with E-state index in [4.69, 9.17) is 4.74 Å². The summed E-state index contributed by atoms with van der Waals surface area (Å²) in [6.07, 6.45) is 1.72. The van der Waals surface area contributed by atoms with E-state index in [-0.39, 0.29) is 11.8 Å². The fraction of sp³-hybridized carbons (Fsp3) is 0.529. The highest BCUT2D eigenvalue weighted by Crippen LogP contribution is 2.28. The molecule has 0 saturated carbocycles. The van der Waals surface area contributed by atoms with Gasteiger partial charge >= 0.3 is 5.97 Å². The Morgan fingerprint density at radius 1 is 1.23 bits per heavy atom. The van der Waals surface area contributed by atoms with Crippen LogP contribution in [0.2, 0.25) is 0 Å². The topological polar surface area (TPSA) is 67.4 Å². The van der Waals surface area contributed by atoms with Gasteiger partial charge in [0, 0.05) is 17.7 Å². The molecule has 0 aromatic heterocycles. The number of para-hydroxylation sites is 1. The van der Waals surface area contributed by atoms with Gasteiger partial charge in [-0.1, -0.05) is 19.1 Å². The second-order valence-corrected chi connectivity index (χ2v) is 5.50. The molecule has 2 N–H and O–H groups in total. The van der Waals surface area contributed by atoms with Crippen LogP contribution in [-0.2, 0) is 9.53 Å². The summed E-state index contributed by atoms with van der Waals surface area (Å²) < 4.78 is 5.27. The summed E-state index contributed by atoms with van der Waals surface area (Å²) in [6.45, 7) is 5.49. The lowest BCUT2D eigenvalue weighted by Crippen LogP contribution is -2.54. The summed E-state index contributed by atoms with van der Waals surface area (Å²) in [7, 11) is 0. The molecule has 0 atom stereocenters. The predicted octanol–water partition coefficient (Wildman–Crippen LogP) is 2.38. The molecule has 0 spiro atoms. The Labute approximate surface area is 131 Å². The summed E-state index contributed by atoms with van der Waals surface area (Å²) >= 11 is 0. The van der Waals surface area contributed by atoms with Crippen molar-refractivity contribution in [3.63, 3.8) is 0 Å². The van der Waals surface area contributed by atoms with Crippen molar-refractivity contribution in [1.82, 2.24) is 5.32 Å². The van der Waals surface area contributed by atoms with Gasteiger partial charge < -0.3 is 15.4 Å². The number of rotatable bonds is 6. The highest BCUT2D eigenvalue weighted by molar-refractivity contribution is 6.01. The molecule has 1 fully saturated rings. The number of Topliss-reactive ketones (excluding diaryl/α,β-unsaturated/α-hetero) is 1. The second kappa shape index (κ2) is 7.40. The summed E-state index contributed by atoms with van der Waals surface area (Å²) in [6, 6.07) is 7.36. The minimum Gasteiger partial charge on any atom is -0.464 e. The molecule has 0 radical (unpaired) electrons. The summed E-state index contributed by atoms with van der Waals surface area (Å²) in [5.74, 6) is -0.175. The third kappa shape index (κ3) is 3.47. The van der Waals surface area contributed by atoms with Crippen molar-refractivity contribution >= 4 is 17.4 Å². The molecule has 1 aliphatic rings. The monoisotopic (exact) mass is 304 g/mol. The molecule has 1 saturated heterocycles. The van der Waals surface area contributed by atoms with Crippen LogP contribution in [0.3, 0.4) is 0 Å². The molecule has 0 unspecified atom stereocenters. The fourth-order valence-electron chi connectivity index (χ4n) is 2.79. The van der Waals surface area contributed by atoms with E-state index < -0.39 is 5.54 Å². The molecule has 1 aliphatic heterocycles. The lowest BCUT2D eigenvalue weighted by Gasteiger charge is -2.37. The van der Waals surface area contributed by atoms with E-state index in [0.717, 1.165) is 13.1 Å². The Morgan fingerprint density at radius 2 is 1.91 bits per heavy atom. The summed E-state index contributed by atoms with van der Waals surface area (Å²) in [5.41, 5.74) is 0.585. The number of piperidine rings is 1. The normalized spacial score (nSPS) is 16.8. The number of ether oxygens (including phenoxy) is 1. The number of hydrogen-bond donors (Lipinski definition) is 2. The molecule has 0 amide bonds. The number of benzene rings is 1. The Balaban J connectivity index is 2.31. The van der Waals surface area contributed by atoms with E-state index in [1.54, 1.807) is 13.0 Å². The number of hydrogen-bond acceptors (Lipinski definition) is 5. The average Bonchev–Trinajstić information content (AvgIpc) is 2.55. The van der Waals surface area contributed by atoms with Crippen molar-refractivity contribution < 1.29 is 14.3 Å². The van der Waals surface area contributed by atoms with Gasteiger partial charge in [-0.2, -0.15) is 0 Å². The van der Waals surface area contributed by atoms with Crippen LogP contribution in [0, 0.1) is 0 Å². The minimum atomic E-state index is -0.759. The first-order chi connectivity index (χ1) is 10.6. The van der Waals surface area contributed by atoms with E-state index in [9.17, 15) is 9.59 Å². The Bertz CT molecular complexity index is 536. The van der Waals surface area contributed by atoms with Gasteiger partial charge in [0.1, 0.15) is 5.54 Å². The van der Waals surface area contributed by atoms with Crippen molar-refractivity contribution in [1.29, 1.82) is 0 Å². The third-order valence-electron chi connectivity index (χ3n) is 4.05. The summed E-state index contributed by atoms with van der Waals surface area (Å²) in [5, 5.41) is 6.58.